The highest BCUT2D eigenvalue weighted by Crippen LogP contribution is 2.29. The van der Waals surface area contributed by atoms with E-state index in [4.69, 9.17) is 4.52 Å². The van der Waals surface area contributed by atoms with Crippen LogP contribution in [-0.2, 0) is 6.54 Å². The summed E-state index contributed by atoms with van der Waals surface area (Å²) in [5.41, 5.74) is 4.03. The number of hydrogen-bond donors (Lipinski definition) is 1. The molecule has 0 saturated carbocycles. The molecule has 4 rings (SSSR count). The van der Waals surface area contributed by atoms with Gasteiger partial charge in [-0.05, 0) is 68.6 Å². The molecule has 1 aliphatic heterocycles. The minimum atomic E-state index is 0.337. The van der Waals surface area contributed by atoms with Crippen molar-refractivity contribution >= 4 is 0 Å². The van der Waals surface area contributed by atoms with Crippen LogP contribution < -0.4 is 0 Å². The van der Waals surface area contributed by atoms with Crippen LogP contribution in [0.15, 0.2) is 41.2 Å². The Balaban J connectivity index is 1.37. The summed E-state index contributed by atoms with van der Waals surface area (Å²) in [7, 11) is 0. The fourth-order valence-electron chi connectivity index (χ4n) is 3.76. The van der Waals surface area contributed by atoms with Crippen LogP contribution in [0, 0.1) is 13.8 Å². The smallest absolute Gasteiger partial charge is 0.258 e. The second-order valence-corrected chi connectivity index (χ2v) is 7.32. The molecule has 3 aromatic rings. The van der Waals surface area contributed by atoms with Crippen LogP contribution in [0.2, 0.25) is 0 Å². The van der Waals surface area contributed by atoms with Crippen LogP contribution in [0.25, 0.3) is 11.5 Å². The Labute approximate surface area is 158 Å². The van der Waals surface area contributed by atoms with E-state index >= 15 is 0 Å². The summed E-state index contributed by atoms with van der Waals surface area (Å²) in [6.07, 6.45) is 5.49. The Morgan fingerprint density at radius 2 is 1.78 bits per heavy atom. The SMILES string of the molecule is Cc1cc(CN2CCC(c3noc(-c4ccncc4)n3)CC2)cc(C)c1O. The van der Waals surface area contributed by atoms with Crippen molar-refractivity contribution in [3.05, 3.63) is 59.2 Å². The lowest BCUT2D eigenvalue weighted by Gasteiger charge is -2.30. The second-order valence-electron chi connectivity index (χ2n) is 7.32. The van der Waals surface area contributed by atoms with E-state index in [2.05, 4.69) is 32.2 Å². The molecule has 140 valence electrons. The van der Waals surface area contributed by atoms with Gasteiger partial charge < -0.3 is 9.63 Å². The topological polar surface area (TPSA) is 75.3 Å². The summed E-state index contributed by atoms with van der Waals surface area (Å²) in [6.45, 7) is 6.82. The van der Waals surface area contributed by atoms with Gasteiger partial charge in [0.05, 0.1) is 0 Å². The van der Waals surface area contributed by atoms with E-state index in [-0.39, 0.29) is 0 Å². The quantitative estimate of drug-likeness (QED) is 0.758. The highest BCUT2D eigenvalue weighted by Gasteiger charge is 2.25. The number of aromatic hydroxyl groups is 1. The van der Waals surface area contributed by atoms with Gasteiger partial charge in [0.15, 0.2) is 5.82 Å². The van der Waals surface area contributed by atoms with Crippen LogP contribution >= 0.6 is 0 Å². The monoisotopic (exact) mass is 364 g/mol. The van der Waals surface area contributed by atoms with Gasteiger partial charge in [-0.3, -0.25) is 9.88 Å². The molecular formula is C21H24N4O2. The van der Waals surface area contributed by atoms with Crippen molar-refractivity contribution in [1.29, 1.82) is 0 Å². The maximum Gasteiger partial charge on any atom is 0.258 e. The third-order valence-corrected chi connectivity index (χ3v) is 5.28. The fourth-order valence-corrected chi connectivity index (χ4v) is 3.76. The first-order chi connectivity index (χ1) is 13.1. The van der Waals surface area contributed by atoms with Gasteiger partial charge in [0.25, 0.3) is 5.89 Å². The normalized spacial score (nSPS) is 15.9. The van der Waals surface area contributed by atoms with Crippen LogP contribution in [0.4, 0.5) is 0 Å². The predicted molar refractivity (Wildman–Crippen MR) is 102 cm³/mol. The zero-order valence-corrected chi connectivity index (χ0v) is 15.7. The number of aromatic nitrogens is 3. The number of aryl methyl sites for hydroxylation is 2. The number of benzene rings is 1. The lowest BCUT2D eigenvalue weighted by molar-refractivity contribution is 0.200. The largest absolute Gasteiger partial charge is 0.507 e. The van der Waals surface area contributed by atoms with Crippen LogP contribution in [0.5, 0.6) is 5.75 Å². The summed E-state index contributed by atoms with van der Waals surface area (Å²) >= 11 is 0. The summed E-state index contributed by atoms with van der Waals surface area (Å²) in [5.74, 6) is 2.10. The van der Waals surface area contributed by atoms with Crippen molar-refractivity contribution in [1.82, 2.24) is 20.0 Å². The number of rotatable bonds is 4. The molecule has 1 aromatic carbocycles. The third-order valence-electron chi connectivity index (χ3n) is 5.28. The molecule has 0 bridgehead atoms. The first kappa shape index (κ1) is 17.7. The molecule has 27 heavy (non-hydrogen) atoms. The van der Waals surface area contributed by atoms with E-state index in [0.717, 1.165) is 55.0 Å². The van der Waals surface area contributed by atoms with E-state index in [1.165, 1.54) is 5.56 Å². The Morgan fingerprint density at radius 1 is 1.11 bits per heavy atom. The van der Waals surface area contributed by atoms with Gasteiger partial charge in [0.1, 0.15) is 5.75 Å². The molecule has 6 nitrogen and oxygen atoms in total. The Bertz CT molecular complexity index is 892. The minimum Gasteiger partial charge on any atom is -0.507 e. The highest BCUT2D eigenvalue weighted by molar-refractivity contribution is 5.51. The molecule has 1 aliphatic rings. The van der Waals surface area contributed by atoms with E-state index in [1.54, 1.807) is 12.4 Å². The molecule has 1 fully saturated rings. The summed E-state index contributed by atoms with van der Waals surface area (Å²) in [4.78, 5) is 11.1. The molecule has 0 amide bonds. The van der Waals surface area contributed by atoms with E-state index in [0.29, 0.717) is 17.6 Å². The van der Waals surface area contributed by atoms with Crippen LogP contribution in [-0.4, -0.2) is 38.2 Å². The highest BCUT2D eigenvalue weighted by atomic mass is 16.5. The number of phenolic OH excluding ortho intramolecular Hbond substituents is 1. The van der Waals surface area contributed by atoms with Gasteiger partial charge >= 0.3 is 0 Å². The average molecular weight is 364 g/mol. The summed E-state index contributed by atoms with van der Waals surface area (Å²) < 4.78 is 5.44. The first-order valence-corrected chi connectivity index (χ1v) is 9.35. The number of phenols is 1. The maximum absolute atomic E-state index is 9.94. The summed E-state index contributed by atoms with van der Waals surface area (Å²) in [5, 5.41) is 14.1. The molecule has 1 N–H and O–H groups in total. The van der Waals surface area contributed by atoms with Crippen LogP contribution in [0.1, 0.15) is 41.3 Å². The zero-order valence-electron chi connectivity index (χ0n) is 15.7. The van der Waals surface area contributed by atoms with Crippen molar-refractivity contribution in [2.45, 2.75) is 39.2 Å². The molecule has 0 radical (unpaired) electrons. The van der Waals surface area contributed by atoms with Gasteiger partial charge in [-0.2, -0.15) is 4.98 Å². The van der Waals surface area contributed by atoms with Gasteiger partial charge in [0, 0.05) is 30.4 Å². The number of likely N-dealkylation sites (tertiary alicyclic amines) is 1. The van der Waals surface area contributed by atoms with Gasteiger partial charge in [-0.15, -0.1) is 0 Å². The predicted octanol–water partition coefficient (Wildman–Crippen LogP) is 3.83. The maximum atomic E-state index is 9.94. The fraction of sp³-hybridized carbons (Fsp3) is 0.381. The molecule has 6 heteroatoms. The lowest BCUT2D eigenvalue weighted by atomic mass is 9.95. The number of hydrogen-bond acceptors (Lipinski definition) is 6. The number of piperidine rings is 1. The third kappa shape index (κ3) is 3.85. The molecule has 3 heterocycles. The zero-order chi connectivity index (χ0) is 18.8. The van der Waals surface area contributed by atoms with E-state index in [1.807, 2.05) is 26.0 Å². The van der Waals surface area contributed by atoms with Gasteiger partial charge in [-0.1, -0.05) is 17.3 Å². The minimum absolute atomic E-state index is 0.337. The number of nitrogens with zero attached hydrogens (tertiary/aromatic N) is 4. The number of pyridine rings is 1. The van der Waals surface area contributed by atoms with E-state index < -0.39 is 0 Å². The van der Waals surface area contributed by atoms with Crippen molar-refractivity contribution in [3.63, 3.8) is 0 Å². The van der Waals surface area contributed by atoms with Gasteiger partial charge in [-0.25, -0.2) is 0 Å². The Hall–Kier alpha value is -2.73. The standard InChI is InChI=1S/C21H24N4O2/c1-14-11-16(12-15(2)19(14)26)13-25-9-5-17(6-10-25)20-23-21(27-24-20)18-3-7-22-8-4-18/h3-4,7-8,11-12,17,26H,5-6,9-10,13H2,1-2H3. The molecule has 0 aliphatic carbocycles. The molecule has 0 spiro atoms. The van der Waals surface area contributed by atoms with Crippen molar-refractivity contribution in [2.75, 3.05) is 13.1 Å². The Kier molecular flexibility index (Phi) is 4.90. The molecule has 0 unspecified atom stereocenters. The van der Waals surface area contributed by atoms with Crippen molar-refractivity contribution in [3.8, 4) is 17.2 Å². The van der Waals surface area contributed by atoms with Gasteiger partial charge in [0.2, 0.25) is 0 Å². The van der Waals surface area contributed by atoms with Crippen LogP contribution in [0.3, 0.4) is 0 Å². The lowest BCUT2D eigenvalue weighted by Crippen LogP contribution is -2.32. The van der Waals surface area contributed by atoms with Crippen molar-refractivity contribution < 1.29 is 9.63 Å². The first-order valence-electron chi connectivity index (χ1n) is 9.35. The molecular weight excluding hydrogens is 340 g/mol. The molecule has 0 atom stereocenters. The van der Waals surface area contributed by atoms with Crippen molar-refractivity contribution in [2.24, 2.45) is 0 Å². The summed E-state index contributed by atoms with van der Waals surface area (Å²) in [6, 6.07) is 7.91. The van der Waals surface area contributed by atoms with E-state index in [9.17, 15) is 5.11 Å². The molecule has 1 saturated heterocycles. The average Bonchev–Trinajstić information content (AvgIpc) is 3.17. The second kappa shape index (κ2) is 7.48. The Morgan fingerprint density at radius 3 is 2.44 bits per heavy atom. The molecule has 2 aromatic heterocycles.